The van der Waals surface area contributed by atoms with Crippen molar-refractivity contribution in [2.24, 2.45) is 5.92 Å². The summed E-state index contributed by atoms with van der Waals surface area (Å²) in [6, 6.07) is 8.05. The fraction of sp³-hybridized carbons (Fsp3) is 0.522. The van der Waals surface area contributed by atoms with Crippen LogP contribution in [0.5, 0.6) is 0 Å². The van der Waals surface area contributed by atoms with Gasteiger partial charge < -0.3 is 10.2 Å². The van der Waals surface area contributed by atoms with Gasteiger partial charge in [0.1, 0.15) is 0 Å². The number of nitrogens with zero attached hydrogens (tertiary/aromatic N) is 4. The predicted molar refractivity (Wildman–Crippen MR) is 121 cm³/mol. The van der Waals surface area contributed by atoms with Crippen molar-refractivity contribution >= 4 is 29.1 Å². The number of hydrogen-bond donors (Lipinski definition) is 1. The minimum atomic E-state index is -0.307. The molecule has 30 heavy (non-hydrogen) atoms. The van der Waals surface area contributed by atoms with E-state index in [0.29, 0.717) is 5.95 Å². The Bertz CT molecular complexity index is 866. The maximum absolute atomic E-state index is 12.8. The molecule has 0 unspecified atom stereocenters. The van der Waals surface area contributed by atoms with Crippen LogP contribution in [0, 0.1) is 5.92 Å². The van der Waals surface area contributed by atoms with Crippen LogP contribution in [0.2, 0.25) is 5.02 Å². The van der Waals surface area contributed by atoms with E-state index in [1.165, 1.54) is 31.0 Å². The van der Waals surface area contributed by atoms with Gasteiger partial charge in [0.2, 0.25) is 5.95 Å². The fourth-order valence-corrected chi connectivity index (χ4v) is 4.51. The molecule has 1 atom stereocenters. The maximum Gasteiger partial charge on any atom is 0.276 e. The van der Waals surface area contributed by atoms with Crippen molar-refractivity contribution in [1.82, 2.24) is 14.9 Å². The molecule has 4 rings (SSSR count). The smallest absolute Gasteiger partial charge is 0.276 e. The molecule has 1 aromatic heterocycles. The molecule has 1 aromatic carbocycles. The minimum Gasteiger partial charge on any atom is -0.341 e. The zero-order valence-electron chi connectivity index (χ0n) is 17.6. The van der Waals surface area contributed by atoms with E-state index in [-0.39, 0.29) is 16.6 Å². The van der Waals surface area contributed by atoms with Gasteiger partial charge in [-0.15, -0.1) is 0 Å². The Labute approximate surface area is 183 Å². The lowest BCUT2D eigenvalue weighted by atomic mass is 10.00. The Hall–Kier alpha value is -2.18. The summed E-state index contributed by atoms with van der Waals surface area (Å²) in [6.07, 6.45) is 7.59. The quantitative estimate of drug-likeness (QED) is 0.755. The first-order chi connectivity index (χ1) is 14.6. The second-order valence-electron chi connectivity index (χ2n) is 8.55. The third-order valence-electron chi connectivity index (χ3n) is 5.94. The highest BCUT2D eigenvalue weighted by Gasteiger charge is 2.19. The molecule has 2 aliphatic rings. The van der Waals surface area contributed by atoms with Crippen molar-refractivity contribution in [2.75, 3.05) is 36.4 Å². The van der Waals surface area contributed by atoms with Crippen molar-refractivity contribution in [2.45, 2.75) is 45.6 Å². The van der Waals surface area contributed by atoms with Crippen molar-refractivity contribution in [3.8, 4) is 0 Å². The van der Waals surface area contributed by atoms with Gasteiger partial charge in [-0.1, -0.05) is 30.7 Å². The molecule has 2 aliphatic heterocycles. The summed E-state index contributed by atoms with van der Waals surface area (Å²) in [5.74, 6) is 1.04. The molecule has 2 aromatic rings. The number of amides is 1. The first-order valence-electron chi connectivity index (χ1n) is 11.0. The molecule has 7 heteroatoms. The van der Waals surface area contributed by atoms with Crippen LogP contribution in [-0.4, -0.2) is 47.0 Å². The van der Waals surface area contributed by atoms with Gasteiger partial charge in [-0.25, -0.2) is 9.97 Å². The predicted octanol–water partition coefficient (Wildman–Crippen LogP) is 4.60. The van der Waals surface area contributed by atoms with E-state index in [1.807, 2.05) is 12.1 Å². The summed E-state index contributed by atoms with van der Waals surface area (Å²) in [7, 11) is 0. The summed E-state index contributed by atoms with van der Waals surface area (Å²) >= 11 is 6.23. The van der Waals surface area contributed by atoms with E-state index in [2.05, 4.69) is 44.1 Å². The highest BCUT2D eigenvalue weighted by atomic mass is 35.5. The Morgan fingerprint density at radius 2 is 1.90 bits per heavy atom. The van der Waals surface area contributed by atoms with E-state index in [0.717, 1.165) is 57.2 Å². The number of carbonyl (C=O) groups excluding carboxylic acids is 1. The molecule has 0 bridgehead atoms. The third kappa shape index (κ3) is 5.29. The second-order valence-corrected chi connectivity index (χ2v) is 8.96. The van der Waals surface area contributed by atoms with E-state index in [9.17, 15) is 4.79 Å². The van der Waals surface area contributed by atoms with E-state index < -0.39 is 0 Å². The van der Waals surface area contributed by atoms with Crippen molar-refractivity contribution in [3.63, 3.8) is 0 Å². The molecule has 0 saturated carbocycles. The van der Waals surface area contributed by atoms with Gasteiger partial charge >= 0.3 is 0 Å². The van der Waals surface area contributed by atoms with Crippen LogP contribution >= 0.6 is 11.6 Å². The Balaban J connectivity index is 1.39. The number of aromatic nitrogens is 2. The van der Waals surface area contributed by atoms with Crippen LogP contribution in [-0.2, 0) is 6.54 Å². The van der Waals surface area contributed by atoms with Crippen LogP contribution in [0.1, 0.15) is 55.1 Å². The Morgan fingerprint density at radius 1 is 1.13 bits per heavy atom. The maximum atomic E-state index is 12.8. The van der Waals surface area contributed by atoms with Crippen LogP contribution in [0.4, 0.5) is 11.6 Å². The molecule has 1 N–H and O–H groups in total. The number of rotatable bonds is 5. The van der Waals surface area contributed by atoms with Gasteiger partial charge in [-0.3, -0.25) is 9.69 Å². The number of anilines is 2. The van der Waals surface area contributed by atoms with Gasteiger partial charge in [0.05, 0.1) is 11.2 Å². The zero-order valence-corrected chi connectivity index (χ0v) is 18.4. The van der Waals surface area contributed by atoms with Crippen molar-refractivity contribution in [1.29, 1.82) is 0 Å². The Morgan fingerprint density at radius 3 is 2.63 bits per heavy atom. The lowest BCUT2D eigenvalue weighted by Gasteiger charge is -2.30. The molecule has 0 spiro atoms. The fourth-order valence-electron chi connectivity index (χ4n) is 4.34. The number of likely N-dealkylation sites (tertiary alicyclic amines) is 1. The molecule has 6 nitrogen and oxygen atoms in total. The summed E-state index contributed by atoms with van der Waals surface area (Å²) in [5.41, 5.74) is 2.22. The lowest BCUT2D eigenvalue weighted by molar-refractivity contribution is 0.102. The van der Waals surface area contributed by atoms with Gasteiger partial charge in [0.15, 0.2) is 5.69 Å². The van der Waals surface area contributed by atoms with Crippen molar-refractivity contribution in [3.05, 3.63) is 46.7 Å². The monoisotopic (exact) mass is 427 g/mol. The molecule has 0 aliphatic carbocycles. The molecule has 3 heterocycles. The van der Waals surface area contributed by atoms with Crippen molar-refractivity contribution < 1.29 is 4.79 Å². The molecular formula is C23H30ClN5O. The van der Waals surface area contributed by atoms with Gasteiger partial charge in [-0.2, -0.15) is 0 Å². The average Bonchev–Trinajstić information content (AvgIpc) is 2.76. The largest absolute Gasteiger partial charge is 0.341 e. The highest BCUT2D eigenvalue weighted by molar-refractivity contribution is 6.34. The summed E-state index contributed by atoms with van der Waals surface area (Å²) in [4.78, 5) is 26.2. The number of halogens is 1. The average molecular weight is 428 g/mol. The summed E-state index contributed by atoms with van der Waals surface area (Å²) in [5, 5.41) is 3.19. The first-order valence-corrected chi connectivity index (χ1v) is 11.4. The zero-order chi connectivity index (χ0) is 20.9. The van der Waals surface area contributed by atoms with Gasteiger partial charge in [0.25, 0.3) is 5.91 Å². The van der Waals surface area contributed by atoms with Crippen LogP contribution in [0.15, 0.2) is 30.5 Å². The van der Waals surface area contributed by atoms with Crippen LogP contribution < -0.4 is 10.2 Å². The second kappa shape index (κ2) is 9.75. The highest BCUT2D eigenvalue weighted by Crippen LogP contribution is 2.22. The normalized spacial score (nSPS) is 20.2. The lowest BCUT2D eigenvalue weighted by Crippen LogP contribution is -2.33. The van der Waals surface area contributed by atoms with Gasteiger partial charge in [-0.05, 0) is 62.3 Å². The first kappa shape index (κ1) is 21.1. The molecular weight excluding hydrogens is 398 g/mol. The number of hydrogen-bond acceptors (Lipinski definition) is 5. The molecule has 2 saturated heterocycles. The molecule has 160 valence electrons. The number of piperidine rings is 2. The van der Waals surface area contributed by atoms with Crippen LogP contribution in [0.25, 0.3) is 0 Å². The van der Waals surface area contributed by atoms with E-state index >= 15 is 0 Å². The molecule has 2 fully saturated rings. The van der Waals surface area contributed by atoms with E-state index in [1.54, 1.807) is 0 Å². The van der Waals surface area contributed by atoms with E-state index in [4.69, 9.17) is 11.6 Å². The number of nitrogens with one attached hydrogen (secondary N) is 1. The molecule has 1 amide bonds. The topological polar surface area (TPSA) is 61.4 Å². The number of carbonyl (C=O) groups is 1. The summed E-state index contributed by atoms with van der Waals surface area (Å²) in [6.45, 7) is 7.42. The van der Waals surface area contributed by atoms with Gasteiger partial charge in [0, 0.05) is 31.9 Å². The SMILES string of the molecule is C[C@@H]1CCCN(Cc2ccc(NC(=O)c3nc(N4CCCCC4)ncc3Cl)cc2)C1. The minimum absolute atomic E-state index is 0.221. The number of benzene rings is 1. The summed E-state index contributed by atoms with van der Waals surface area (Å²) < 4.78 is 0. The van der Waals surface area contributed by atoms with Crippen LogP contribution in [0.3, 0.4) is 0 Å². The standard InChI is InChI=1S/C23H30ClN5O/c1-17-6-5-11-28(15-17)16-18-7-9-19(10-8-18)26-22(30)21-20(24)14-25-23(27-21)29-12-3-2-4-13-29/h7-10,14,17H,2-6,11-13,15-16H2,1H3,(H,26,30)/t17-/m1/s1. The third-order valence-corrected chi connectivity index (χ3v) is 6.22. The Kier molecular flexibility index (Phi) is 6.85. The molecule has 0 radical (unpaired) electrons.